The molecule has 0 nitrogen and oxygen atoms in total. The Labute approximate surface area is 97.2 Å². The van der Waals surface area contributed by atoms with E-state index in [1.807, 2.05) is 0 Å². The number of halogens is 2. The number of rotatable bonds is 0. The number of hydrogen-bond acceptors (Lipinski definition) is 0. The van der Waals surface area contributed by atoms with Crippen LogP contribution in [0.25, 0.3) is 0 Å². The van der Waals surface area contributed by atoms with Crippen molar-refractivity contribution in [1.29, 1.82) is 0 Å². The number of allylic oxidation sites excluding steroid dienone is 4. The zero-order valence-electron chi connectivity index (χ0n) is 6.82. The van der Waals surface area contributed by atoms with Crippen molar-refractivity contribution in [3.05, 3.63) is 30.7 Å². The summed E-state index contributed by atoms with van der Waals surface area (Å²) in [5.74, 6) is 0. The maximum Gasteiger partial charge on any atom is 4.00 e. The van der Waals surface area contributed by atoms with Gasteiger partial charge in [0.2, 0.25) is 0 Å². The van der Waals surface area contributed by atoms with Gasteiger partial charge in [-0.1, -0.05) is 6.92 Å². The van der Waals surface area contributed by atoms with Gasteiger partial charge < -0.3 is 31.7 Å². The summed E-state index contributed by atoms with van der Waals surface area (Å²) in [6.07, 6.45) is 8.33. The Morgan fingerprint density at radius 1 is 1.36 bits per heavy atom. The topological polar surface area (TPSA) is 0 Å². The van der Waals surface area contributed by atoms with Crippen LogP contribution in [-0.4, -0.2) is 0 Å². The Kier molecular flexibility index (Phi) is 35.0. The molecule has 0 heterocycles. The van der Waals surface area contributed by atoms with Crippen molar-refractivity contribution in [2.75, 3.05) is 0 Å². The van der Waals surface area contributed by atoms with Gasteiger partial charge in [-0.05, 0) is 0 Å². The molecule has 62 valence electrons. The average molecular weight is 227 g/mol. The van der Waals surface area contributed by atoms with E-state index in [1.165, 1.54) is 5.57 Å². The minimum atomic E-state index is 0. The molecule has 0 aromatic carbocycles. The minimum Gasteiger partial charge on any atom is -1.00 e. The molecule has 0 spiro atoms. The molecule has 0 fully saturated rings. The van der Waals surface area contributed by atoms with Crippen molar-refractivity contribution in [3.63, 3.8) is 0 Å². The van der Waals surface area contributed by atoms with Crippen molar-refractivity contribution in [2.45, 2.75) is 20.3 Å². The van der Waals surface area contributed by atoms with Crippen LogP contribution in [0.3, 0.4) is 0 Å². The third-order valence-corrected chi connectivity index (χ3v) is 0.867. The molecule has 1 aliphatic carbocycles. The summed E-state index contributed by atoms with van der Waals surface area (Å²) in [6, 6.07) is 0. The zero-order valence-corrected chi connectivity index (χ0v) is 9.90. The molecule has 1 rings (SSSR count). The van der Waals surface area contributed by atoms with E-state index >= 15 is 0 Å². The molecule has 0 atom stereocenters. The van der Waals surface area contributed by atoms with Gasteiger partial charge in [0.05, 0.1) is 0 Å². The Morgan fingerprint density at radius 3 is 1.91 bits per heavy atom. The van der Waals surface area contributed by atoms with E-state index in [4.69, 9.17) is 0 Å². The fourth-order valence-corrected chi connectivity index (χ4v) is 0.515. The summed E-state index contributed by atoms with van der Waals surface area (Å²) in [5, 5.41) is 0. The quantitative estimate of drug-likeness (QED) is 0.298. The van der Waals surface area contributed by atoms with E-state index in [0.29, 0.717) is 0 Å². The molecule has 0 radical (unpaired) electrons. The Hall–Kier alpha value is 0.774. The summed E-state index contributed by atoms with van der Waals surface area (Å²) in [7, 11) is 0. The molecule has 0 saturated carbocycles. The van der Waals surface area contributed by atoms with E-state index < -0.39 is 0 Å². The monoisotopic (exact) mass is 226 g/mol. The van der Waals surface area contributed by atoms with E-state index in [2.05, 4.69) is 32.1 Å². The second kappa shape index (κ2) is 17.0. The summed E-state index contributed by atoms with van der Waals surface area (Å²) in [4.78, 5) is 0. The molecule has 0 N–H and O–H groups in total. The Morgan fingerprint density at radius 2 is 1.82 bits per heavy atom. The zero-order chi connectivity index (χ0) is 6.41. The summed E-state index contributed by atoms with van der Waals surface area (Å²) < 4.78 is 0. The fourth-order valence-electron chi connectivity index (χ4n) is 0.515. The van der Waals surface area contributed by atoms with Gasteiger partial charge in [-0.2, -0.15) is 13.0 Å². The summed E-state index contributed by atoms with van der Waals surface area (Å²) in [5.41, 5.74) is 1.27. The molecule has 1 aliphatic rings. The molecular weight excluding hydrogens is 215 g/mol. The third kappa shape index (κ3) is 13.7. The second-order valence-corrected chi connectivity index (χ2v) is 1.47. The van der Waals surface area contributed by atoms with Crippen LogP contribution >= 0.6 is 0 Å². The second-order valence-electron chi connectivity index (χ2n) is 1.47. The smallest absolute Gasteiger partial charge is 1.00 e. The first-order chi connectivity index (χ1) is 3.89. The largest absolute Gasteiger partial charge is 4.00 e. The van der Waals surface area contributed by atoms with Gasteiger partial charge >= 0.3 is 21.7 Å². The minimum absolute atomic E-state index is 0. The van der Waals surface area contributed by atoms with Crippen LogP contribution in [0.5, 0.6) is 0 Å². The van der Waals surface area contributed by atoms with Crippen molar-refractivity contribution < 1.29 is 46.5 Å². The fraction of sp³-hybridized carbons (Fsp3) is 0.375. The number of hydrogen-bond donors (Lipinski definition) is 0. The molecule has 0 saturated heterocycles. The average Bonchev–Trinajstić information content (AvgIpc) is 2.24. The predicted molar refractivity (Wildman–Crippen MR) is 37.2 cm³/mol. The normalized spacial score (nSPS) is 10.6. The van der Waals surface area contributed by atoms with Gasteiger partial charge in [0.1, 0.15) is 0 Å². The maximum atomic E-state index is 3.25. The van der Waals surface area contributed by atoms with E-state index in [1.54, 1.807) is 6.92 Å². The van der Waals surface area contributed by atoms with Crippen LogP contribution in [-0.2, 0) is 21.7 Å². The summed E-state index contributed by atoms with van der Waals surface area (Å²) >= 11 is 0. The molecule has 11 heavy (non-hydrogen) atoms. The van der Waals surface area contributed by atoms with E-state index in [9.17, 15) is 0 Å². The van der Waals surface area contributed by atoms with Crippen molar-refractivity contribution >= 4 is 0 Å². The van der Waals surface area contributed by atoms with Gasteiger partial charge in [-0.25, -0.2) is 11.6 Å². The van der Waals surface area contributed by atoms with Gasteiger partial charge in [-0.3, -0.25) is 6.08 Å². The van der Waals surface area contributed by atoms with Crippen molar-refractivity contribution in [3.8, 4) is 0 Å². The van der Waals surface area contributed by atoms with Crippen LogP contribution in [0.4, 0.5) is 0 Å². The van der Waals surface area contributed by atoms with Gasteiger partial charge in [0.25, 0.3) is 0 Å². The third-order valence-electron chi connectivity index (χ3n) is 0.867. The molecular formula is C8H12Cl2Ti. The van der Waals surface area contributed by atoms with Crippen LogP contribution < -0.4 is 24.8 Å². The first-order valence-electron chi connectivity index (χ1n) is 2.84. The Balaban J connectivity index is -0.0000000459. The van der Waals surface area contributed by atoms with Gasteiger partial charge in [-0.15, -0.1) is 6.42 Å². The molecule has 0 amide bonds. The SMILES string of the molecule is CC1=[C-]CC=C1.[CH2-]C.[Cl-].[Cl-].[Ti+4]. The molecule has 0 bridgehead atoms. The molecule has 0 aromatic heterocycles. The van der Waals surface area contributed by atoms with Crippen molar-refractivity contribution in [1.82, 2.24) is 0 Å². The van der Waals surface area contributed by atoms with E-state index in [-0.39, 0.29) is 46.5 Å². The van der Waals surface area contributed by atoms with Gasteiger partial charge in [0, 0.05) is 0 Å². The van der Waals surface area contributed by atoms with Crippen LogP contribution in [0, 0.1) is 13.0 Å². The first kappa shape index (κ1) is 22.6. The predicted octanol–water partition coefficient (Wildman–Crippen LogP) is -3.46. The molecule has 0 unspecified atom stereocenters. The van der Waals surface area contributed by atoms with Crippen molar-refractivity contribution in [2.24, 2.45) is 0 Å². The summed E-state index contributed by atoms with van der Waals surface area (Å²) in [6.45, 7) is 7.06. The van der Waals surface area contributed by atoms with Crippen LogP contribution in [0.15, 0.2) is 17.7 Å². The Bertz CT molecular complexity index is 106. The maximum absolute atomic E-state index is 3.25. The molecule has 0 aromatic rings. The van der Waals surface area contributed by atoms with Crippen LogP contribution in [0.1, 0.15) is 20.3 Å². The first-order valence-corrected chi connectivity index (χ1v) is 2.84. The van der Waals surface area contributed by atoms with E-state index in [0.717, 1.165) is 6.42 Å². The van der Waals surface area contributed by atoms with Gasteiger partial charge in [0.15, 0.2) is 0 Å². The molecule has 3 heteroatoms. The van der Waals surface area contributed by atoms with Crippen LogP contribution in [0.2, 0.25) is 0 Å². The standard InChI is InChI=1S/C6H7.C2H5.2ClH.Ti/c1-6-4-2-3-5-6;1-2;;;/h2,4H,3H2,1H3;1H2,2H3;2*1H;/q2*-1;;;+4/p-2. The molecule has 0 aliphatic heterocycles.